The Balaban J connectivity index is 1.36. The van der Waals surface area contributed by atoms with Crippen LogP contribution in [-0.4, -0.2) is 24.4 Å². The van der Waals surface area contributed by atoms with Crippen molar-refractivity contribution in [1.82, 2.24) is 10.6 Å². The van der Waals surface area contributed by atoms with E-state index in [9.17, 15) is 9.59 Å². The van der Waals surface area contributed by atoms with Crippen LogP contribution in [0.2, 0.25) is 0 Å². The fourth-order valence-corrected chi connectivity index (χ4v) is 6.54. The molecule has 4 aliphatic rings. The molecule has 4 fully saturated rings. The molecule has 5 rings (SSSR count). The molecular formula is C25H36N2O2. The lowest BCUT2D eigenvalue weighted by atomic mass is 9.49. The molecule has 1 atom stereocenters. The van der Waals surface area contributed by atoms with Crippen molar-refractivity contribution >= 4 is 11.8 Å². The van der Waals surface area contributed by atoms with Gasteiger partial charge in [0.25, 0.3) is 0 Å². The summed E-state index contributed by atoms with van der Waals surface area (Å²) in [6, 6.07) is 7.82. The minimum Gasteiger partial charge on any atom is -0.354 e. The standard InChI is InChI=1S/C25H36N2O2/c1-16(2)22(23(28)26-9-8-21-7-5-4-6-17(21)3)27-24(29)25-13-18-10-19(14-25)12-20(11-18)15-25/h4-7,16,18-20,22H,8-15H2,1-3H3,(H,26,28)(H,27,29)/t18?,19?,20?,22-,25?/m0/s1. The Labute approximate surface area is 175 Å². The number of nitrogens with one attached hydrogen (secondary N) is 2. The highest BCUT2D eigenvalue weighted by Gasteiger charge is 2.55. The van der Waals surface area contributed by atoms with Gasteiger partial charge in [-0.3, -0.25) is 9.59 Å². The van der Waals surface area contributed by atoms with E-state index in [1.54, 1.807) is 0 Å². The van der Waals surface area contributed by atoms with E-state index in [4.69, 9.17) is 0 Å². The van der Waals surface area contributed by atoms with Gasteiger partial charge in [-0.1, -0.05) is 38.1 Å². The highest BCUT2D eigenvalue weighted by atomic mass is 16.2. The second-order valence-corrected chi connectivity index (χ2v) is 10.4. The van der Waals surface area contributed by atoms with Crippen LogP contribution in [-0.2, 0) is 16.0 Å². The summed E-state index contributed by atoms with van der Waals surface area (Å²) in [5, 5.41) is 6.25. The summed E-state index contributed by atoms with van der Waals surface area (Å²) in [6.07, 6.45) is 7.87. The van der Waals surface area contributed by atoms with Gasteiger partial charge in [0, 0.05) is 12.0 Å². The Bertz CT molecular complexity index is 735. The maximum atomic E-state index is 13.4. The first kappa shape index (κ1) is 20.4. The smallest absolute Gasteiger partial charge is 0.242 e. The van der Waals surface area contributed by atoms with Gasteiger partial charge in [-0.2, -0.15) is 0 Å². The van der Waals surface area contributed by atoms with Crippen molar-refractivity contribution in [3.05, 3.63) is 35.4 Å². The van der Waals surface area contributed by atoms with E-state index in [1.165, 1.54) is 30.4 Å². The lowest BCUT2D eigenvalue weighted by molar-refractivity contribution is -0.149. The van der Waals surface area contributed by atoms with Crippen molar-refractivity contribution in [1.29, 1.82) is 0 Å². The Morgan fingerprint density at radius 1 is 1.03 bits per heavy atom. The number of carbonyl (C=O) groups excluding carboxylic acids is 2. The van der Waals surface area contributed by atoms with Crippen LogP contribution in [0.5, 0.6) is 0 Å². The number of hydrogen-bond acceptors (Lipinski definition) is 2. The Morgan fingerprint density at radius 3 is 2.17 bits per heavy atom. The molecule has 2 amide bonds. The van der Waals surface area contributed by atoms with Crippen LogP contribution in [0.3, 0.4) is 0 Å². The summed E-state index contributed by atoms with van der Waals surface area (Å²) in [6.45, 7) is 6.73. The summed E-state index contributed by atoms with van der Waals surface area (Å²) in [4.78, 5) is 26.3. The van der Waals surface area contributed by atoms with Crippen molar-refractivity contribution < 1.29 is 9.59 Å². The molecule has 2 N–H and O–H groups in total. The van der Waals surface area contributed by atoms with Gasteiger partial charge in [-0.15, -0.1) is 0 Å². The van der Waals surface area contributed by atoms with Crippen LogP contribution in [0, 0.1) is 36.0 Å². The van der Waals surface area contributed by atoms with Gasteiger partial charge in [-0.25, -0.2) is 0 Å². The molecule has 4 heteroatoms. The number of amides is 2. The molecule has 0 aliphatic heterocycles. The van der Waals surface area contributed by atoms with Crippen molar-refractivity contribution in [2.24, 2.45) is 29.1 Å². The highest BCUT2D eigenvalue weighted by Crippen LogP contribution is 2.60. The Hall–Kier alpha value is -1.84. The number of benzene rings is 1. The molecule has 158 valence electrons. The molecule has 4 nitrogen and oxygen atoms in total. The molecular weight excluding hydrogens is 360 g/mol. The van der Waals surface area contributed by atoms with Crippen LogP contribution < -0.4 is 10.6 Å². The predicted octanol–water partition coefficient (Wildman–Crippen LogP) is 4.01. The molecule has 1 aromatic rings. The first-order chi connectivity index (χ1) is 13.9. The van der Waals surface area contributed by atoms with Gasteiger partial charge in [0.2, 0.25) is 11.8 Å². The van der Waals surface area contributed by atoms with Crippen LogP contribution >= 0.6 is 0 Å². The SMILES string of the molecule is Cc1ccccc1CCNC(=O)[C@@H](NC(=O)C12CC3CC(CC(C3)C1)C2)C(C)C. The molecule has 4 saturated carbocycles. The zero-order valence-corrected chi connectivity index (χ0v) is 18.2. The van der Waals surface area contributed by atoms with Crippen LogP contribution in [0.15, 0.2) is 24.3 Å². The zero-order chi connectivity index (χ0) is 20.6. The fourth-order valence-electron chi connectivity index (χ4n) is 6.54. The van der Waals surface area contributed by atoms with E-state index in [1.807, 2.05) is 26.0 Å². The quantitative estimate of drug-likeness (QED) is 0.732. The summed E-state index contributed by atoms with van der Waals surface area (Å²) < 4.78 is 0. The second kappa shape index (κ2) is 8.12. The average molecular weight is 397 g/mol. The predicted molar refractivity (Wildman–Crippen MR) is 115 cm³/mol. The first-order valence-corrected chi connectivity index (χ1v) is 11.5. The van der Waals surface area contributed by atoms with Gasteiger partial charge in [0.1, 0.15) is 6.04 Å². The molecule has 0 unspecified atom stereocenters. The molecule has 29 heavy (non-hydrogen) atoms. The Kier molecular flexibility index (Phi) is 5.72. The molecule has 0 radical (unpaired) electrons. The van der Waals surface area contributed by atoms with Gasteiger partial charge in [-0.05, 0) is 86.7 Å². The maximum absolute atomic E-state index is 13.4. The maximum Gasteiger partial charge on any atom is 0.242 e. The summed E-state index contributed by atoms with van der Waals surface area (Å²) in [7, 11) is 0. The van der Waals surface area contributed by atoms with Gasteiger partial charge < -0.3 is 10.6 Å². The molecule has 0 aromatic heterocycles. The van der Waals surface area contributed by atoms with Crippen LogP contribution in [0.4, 0.5) is 0 Å². The molecule has 4 bridgehead atoms. The van der Waals surface area contributed by atoms with Crippen molar-refractivity contribution in [2.45, 2.75) is 71.8 Å². The van der Waals surface area contributed by atoms with E-state index in [0.717, 1.165) is 43.4 Å². The molecule has 0 heterocycles. The first-order valence-electron chi connectivity index (χ1n) is 11.5. The zero-order valence-electron chi connectivity index (χ0n) is 18.2. The fraction of sp³-hybridized carbons (Fsp3) is 0.680. The number of hydrogen-bond donors (Lipinski definition) is 2. The average Bonchev–Trinajstić information content (AvgIpc) is 2.66. The number of aryl methyl sites for hydroxylation is 1. The van der Waals surface area contributed by atoms with E-state index in [-0.39, 0.29) is 23.1 Å². The second-order valence-electron chi connectivity index (χ2n) is 10.4. The lowest BCUT2D eigenvalue weighted by Crippen LogP contribution is -2.58. The molecule has 0 spiro atoms. The summed E-state index contributed by atoms with van der Waals surface area (Å²) in [5.41, 5.74) is 2.30. The topological polar surface area (TPSA) is 58.2 Å². The molecule has 1 aromatic carbocycles. The number of rotatable bonds is 7. The van der Waals surface area contributed by atoms with E-state index >= 15 is 0 Å². The summed E-state index contributed by atoms with van der Waals surface area (Å²) in [5.74, 6) is 2.36. The third kappa shape index (κ3) is 4.22. The monoisotopic (exact) mass is 396 g/mol. The van der Waals surface area contributed by atoms with Crippen molar-refractivity contribution in [3.8, 4) is 0 Å². The van der Waals surface area contributed by atoms with E-state index in [2.05, 4.69) is 29.7 Å². The van der Waals surface area contributed by atoms with E-state index < -0.39 is 6.04 Å². The van der Waals surface area contributed by atoms with E-state index in [0.29, 0.717) is 6.54 Å². The minimum atomic E-state index is -0.452. The largest absolute Gasteiger partial charge is 0.354 e. The molecule has 0 saturated heterocycles. The van der Waals surface area contributed by atoms with Gasteiger partial charge in [0.05, 0.1) is 0 Å². The highest BCUT2D eigenvalue weighted by molar-refractivity contribution is 5.90. The third-order valence-electron chi connectivity index (χ3n) is 7.71. The van der Waals surface area contributed by atoms with Crippen LogP contribution in [0.1, 0.15) is 63.5 Å². The van der Waals surface area contributed by atoms with Crippen LogP contribution in [0.25, 0.3) is 0 Å². The number of carbonyl (C=O) groups is 2. The normalized spacial score (nSPS) is 31.0. The Morgan fingerprint density at radius 2 is 1.62 bits per heavy atom. The van der Waals surface area contributed by atoms with Gasteiger partial charge in [0.15, 0.2) is 0 Å². The van der Waals surface area contributed by atoms with Crippen molar-refractivity contribution in [3.63, 3.8) is 0 Å². The lowest BCUT2D eigenvalue weighted by Gasteiger charge is -2.55. The minimum absolute atomic E-state index is 0.0494. The third-order valence-corrected chi connectivity index (χ3v) is 7.71. The molecule has 4 aliphatic carbocycles. The van der Waals surface area contributed by atoms with Gasteiger partial charge >= 0.3 is 0 Å². The summed E-state index contributed by atoms with van der Waals surface area (Å²) >= 11 is 0. The van der Waals surface area contributed by atoms with Crippen molar-refractivity contribution in [2.75, 3.05) is 6.54 Å².